The molecule has 0 spiro atoms. The number of aromatic nitrogens is 1. The molecule has 2 aliphatic heterocycles. The Bertz CT molecular complexity index is 926. The first-order valence-electron chi connectivity index (χ1n) is 8.57. The Hall–Kier alpha value is -3.09. The number of hydrogen-bond donors (Lipinski definition) is 2. The van der Waals surface area contributed by atoms with Crippen molar-refractivity contribution < 1.29 is 9.18 Å². The highest BCUT2D eigenvalue weighted by atomic mass is 19.1. The minimum Gasteiger partial charge on any atom is -0.349 e. The highest BCUT2D eigenvalue weighted by Gasteiger charge is 2.29. The van der Waals surface area contributed by atoms with Crippen molar-refractivity contribution in [1.29, 1.82) is 0 Å². The smallest absolute Gasteiger partial charge is 0.268 e. The molecule has 2 aliphatic rings. The van der Waals surface area contributed by atoms with Crippen LogP contribution in [-0.4, -0.2) is 29.5 Å². The summed E-state index contributed by atoms with van der Waals surface area (Å²) < 4.78 is 15.2. The van der Waals surface area contributed by atoms with Gasteiger partial charge in [0, 0.05) is 42.8 Å². The van der Waals surface area contributed by atoms with Crippen LogP contribution in [0, 0.1) is 19.7 Å². The number of benzene rings is 1. The molecule has 1 amide bonds. The van der Waals surface area contributed by atoms with Crippen LogP contribution >= 0.6 is 0 Å². The molecule has 0 atom stereocenters. The normalized spacial score (nSPS) is 16.2. The summed E-state index contributed by atoms with van der Waals surface area (Å²) in [6.07, 6.45) is 3.71. The second-order valence-corrected chi connectivity index (χ2v) is 6.40. The van der Waals surface area contributed by atoms with Crippen LogP contribution < -0.4 is 15.5 Å². The average molecular weight is 353 g/mol. The van der Waals surface area contributed by atoms with Gasteiger partial charge in [0.2, 0.25) is 5.96 Å². The molecule has 0 radical (unpaired) electrons. The summed E-state index contributed by atoms with van der Waals surface area (Å²) in [6.45, 7) is 6.02. The molecule has 2 N–H and O–H groups in total. The molecule has 0 saturated carbocycles. The molecule has 26 heavy (non-hydrogen) atoms. The lowest BCUT2D eigenvalue weighted by atomic mass is 10.2. The molecule has 7 heteroatoms. The van der Waals surface area contributed by atoms with E-state index in [-0.39, 0.29) is 11.7 Å². The van der Waals surface area contributed by atoms with Crippen LogP contribution in [0.1, 0.15) is 21.7 Å². The Morgan fingerprint density at radius 2 is 2.00 bits per heavy atom. The topological polar surface area (TPSA) is 61.7 Å². The zero-order valence-corrected chi connectivity index (χ0v) is 14.7. The number of hydrogen-bond acceptors (Lipinski definition) is 4. The lowest BCUT2D eigenvalue weighted by Gasteiger charge is -2.28. The maximum absolute atomic E-state index is 13.2. The maximum atomic E-state index is 13.2. The highest BCUT2D eigenvalue weighted by Crippen LogP contribution is 2.33. The quantitative estimate of drug-likeness (QED) is 0.873. The van der Waals surface area contributed by atoms with E-state index in [1.54, 1.807) is 18.3 Å². The van der Waals surface area contributed by atoms with Crippen LogP contribution in [0.15, 0.2) is 41.5 Å². The SMILES string of the molecule is Cc1c(N2CC=CN=C2Nc2ccc(F)cc2)c(C)n2c1C(=O)NCC2. The van der Waals surface area contributed by atoms with E-state index in [9.17, 15) is 9.18 Å². The fraction of sp³-hybridized carbons (Fsp3) is 0.263. The van der Waals surface area contributed by atoms with Crippen molar-refractivity contribution in [1.82, 2.24) is 9.88 Å². The Balaban J connectivity index is 1.72. The second kappa shape index (κ2) is 6.33. The first kappa shape index (κ1) is 16.4. The van der Waals surface area contributed by atoms with Crippen molar-refractivity contribution in [3.8, 4) is 0 Å². The van der Waals surface area contributed by atoms with Gasteiger partial charge in [0.25, 0.3) is 5.91 Å². The van der Waals surface area contributed by atoms with Crippen molar-refractivity contribution in [3.63, 3.8) is 0 Å². The zero-order chi connectivity index (χ0) is 18.3. The molecule has 0 saturated heterocycles. The molecular formula is C19H20FN5O. The fourth-order valence-electron chi connectivity index (χ4n) is 3.61. The molecule has 0 unspecified atom stereocenters. The molecule has 2 aromatic rings. The molecule has 0 bridgehead atoms. The molecule has 0 fully saturated rings. The van der Waals surface area contributed by atoms with E-state index in [2.05, 4.69) is 20.2 Å². The highest BCUT2D eigenvalue weighted by molar-refractivity contribution is 6.08. The largest absolute Gasteiger partial charge is 0.349 e. The second-order valence-electron chi connectivity index (χ2n) is 6.40. The van der Waals surface area contributed by atoms with Gasteiger partial charge < -0.3 is 20.1 Å². The van der Waals surface area contributed by atoms with E-state index < -0.39 is 0 Å². The van der Waals surface area contributed by atoms with E-state index in [4.69, 9.17) is 0 Å². The molecule has 1 aromatic carbocycles. The molecule has 6 nitrogen and oxygen atoms in total. The molecule has 134 valence electrons. The number of guanidine groups is 1. The summed E-state index contributed by atoms with van der Waals surface area (Å²) in [7, 11) is 0. The first-order chi connectivity index (χ1) is 12.6. The predicted molar refractivity (Wildman–Crippen MR) is 100 cm³/mol. The lowest BCUT2D eigenvalue weighted by Crippen LogP contribution is -2.38. The molecule has 3 heterocycles. The standard InChI is InChI=1S/C19H20FN5O/c1-12-16(13(2)24-11-9-21-18(26)17(12)24)25-10-3-8-22-19(25)23-15-6-4-14(20)5-7-15/h3-8H,9-11H2,1-2H3,(H,21,26)(H,22,23). The summed E-state index contributed by atoms with van der Waals surface area (Å²) in [5.74, 6) is 0.324. The van der Waals surface area contributed by atoms with Gasteiger partial charge in [0.05, 0.1) is 5.69 Å². The summed E-state index contributed by atoms with van der Waals surface area (Å²) >= 11 is 0. The minimum absolute atomic E-state index is 0.0411. The van der Waals surface area contributed by atoms with Crippen molar-refractivity contribution in [2.45, 2.75) is 20.4 Å². The number of aliphatic imine (C=N–C) groups is 1. The Morgan fingerprint density at radius 3 is 2.73 bits per heavy atom. The van der Waals surface area contributed by atoms with Gasteiger partial charge in [-0.3, -0.25) is 4.79 Å². The Kier molecular flexibility index (Phi) is 3.99. The van der Waals surface area contributed by atoms with Crippen molar-refractivity contribution in [2.24, 2.45) is 4.99 Å². The van der Waals surface area contributed by atoms with Crippen molar-refractivity contribution in [3.05, 3.63) is 59.3 Å². The summed E-state index contributed by atoms with van der Waals surface area (Å²) in [4.78, 5) is 18.8. The number of carbonyl (C=O) groups excluding carboxylic acids is 1. The number of carbonyl (C=O) groups is 1. The van der Waals surface area contributed by atoms with Crippen molar-refractivity contribution >= 4 is 23.2 Å². The number of fused-ring (bicyclic) bond motifs is 1. The maximum Gasteiger partial charge on any atom is 0.268 e. The number of nitrogens with zero attached hydrogens (tertiary/aromatic N) is 3. The van der Waals surface area contributed by atoms with E-state index in [0.29, 0.717) is 24.7 Å². The third kappa shape index (κ3) is 2.65. The zero-order valence-electron chi connectivity index (χ0n) is 14.7. The van der Waals surface area contributed by atoms with Crippen LogP contribution in [0.4, 0.5) is 15.8 Å². The number of halogens is 1. The van der Waals surface area contributed by atoms with Gasteiger partial charge >= 0.3 is 0 Å². The lowest BCUT2D eigenvalue weighted by molar-refractivity contribution is 0.0926. The van der Waals surface area contributed by atoms with Crippen molar-refractivity contribution in [2.75, 3.05) is 23.3 Å². The molecular weight excluding hydrogens is 333 g/mol. The predicted octanol–water partition coefficient (Wildman–Crippen LogP) is 2.79. The van der Waals surface area contributed by atoms with Crippen LogP contribution in [0.3, 0.4) is 0 Å². The van der Waals surface area contributed by atoms with Crippen LogP contribution in [0.2, 0.25) is 0 Å². The number of amides is 1. The van der Waals surface area contributed by atoms with Gasteiger partial charge in [-0.2, -0.15) is 0 Å². The average Bonchev–Trinajstić information content (AvgIpc) is 2.89. The number of rotatable bonds is 2. The Labute approximate surface area is 151 Å². The van der Waals surface area contributed by atoms with Crippen LogP contribution in [0.25, 0.3) is 0 Å². The van der Waals surface area contributed by atoms with Gasteiger partial charge in [0.1, 0.15) is 11.5 Å². The van der Waals surface area contributed by atoms with Gasteiger partial charge in [-0.1, -0.05) is 0 Å². The van der Waals surface area contributed by atoms with E-state index in [1.807, 2.05) is 24.8 Å². The Morgan fingerprint density at radius 1 is 1.23 bits per heavy atom. The third-order valence-electron chi connectivity index (χ3n) is 4.78. The summed E-state index contributed by atoms with van der Waals surface area (Å²) in [5.41, 5.74) is 4.41. The third-order valence-corrected chi connectivity index (χ3v) is 4.78. The summed E-state index contributed by atoms with van der Waals surface area (Å²) in [5, 5.41) is 6.16. The molecule has 4 rings (SSSR count). The number of anilines is 2. The van der Waals surface area contributed by atoms with Crippen LogP contribution in [0.5, 0.6) is 0 Å². The fourth-order valence-corrected chi connectivity index (χ4v) is 3.61. The van der Waals surface area contributed by atoms with Crippen LogP contribution in [-0.2, 0) is 6.54 Å². The number of nitrogens with one attached hydrogen (secondary N) is 2. The first-order valence-corrected chi connectivity index (χ1v) is 8.57. The molecule has 0 aliphatic carbocycles. The van der Waals surface area contributed by atoms with E-state index in [0.717, 1.165) is 29.2 Å². The summed E-state index contributed by atoms with van der Waals surface area (Å²) in [6, 6.07) is 6.16. The monoisotopic (exact) mass is 353 g/mol. The van der Waals surface area contributed by atoms with Gasteiger partial charge in [-0.25, -0.2) is 9.38 Å². The van der Waals surface area contributed by atoms with E-state index >= 15 is 0 Å². The van der Waals surface area contributed by atoms with Gasteiger partial charge in [-0.15, -0.1) is 0 Å². The minimum atomic E-state index is -0.282. The van der Waals surface area contributed by atoms with Gasteiger partial charge in [-0.05, 0) is 44.2 Å². The van der Waals surface area contributed by atoms with E-state index in [1.165, 1.54) is 12.1 Å². The van der Waals surface area contributed by atoms with Gasteiger partial charge in [0.15, 0.2) is 0 Å². The molecule has 1 aromatic heterocycles.